The number of sulfone groups is 1. The Morgan fingerprint density at radius 2 is 1.94 bits per heavy atom. The Morgan fingerprint density at radius 3 is 2.45 bits per heavy atom. The molecule has 10 heteroatoms. The maximum atomic E-state index is 14.5. The minimum atomic E-state index is -3.48. The van der Waals surface area contributed by atoms with Gasteiger partial charge in [-0.1, -0.05) is 19.9 Å². The number of halogens is 1. The second-order valence-corrected chi connectivity index (χ2v) is 10.2. The number of urea groups is 1. The van der Waals surface area contributed by atoms with Crippen molar-refractivity contribution in [1.29, 1.82) is 5.26 Å². The topological polar surface area (TPSA) is 119 Å². The zero-order valence-electron chi connectivity index (χ0n) is 18.0. The highest BCUT2D eigenvalue weighted by Crippen LogP contribution is 2.31. The van der Waals surface area contributed by atoms with Crippen LogP contribution in [0.3, 0.4) is 0 Å². The predicted octanol–water partition coefficient (Wildman–Crippen LogP) is 2.17. The normalized spacial score (nSPS) is 15.9. The minimum absolute atomic E-state index is 0.0589. The summed E-state index contributed by atoms with van der Waals surface area (Å²) in [6, 6.07) is 4.69. The summed E-state index contributed by atoms with van der Waals surface area (Å²) >= 11 is 0. The summed E-state index contributed by atoms with van der Waals surface area (Å²) in [5.41, 5.74) is 0.445. The molecule has 8 nitrogen and oxygen atoms in total. The van der Waals surface area contributed by atoms with Gasteiger partial charge < -0.3 is 15.5 Å². The van der Waals surface area contributed by atoms with E-state index >= 15 is 0 Å². The van der Waals surface area contributed by atoms with Crippen LogP contribution in [-0.4, -0.2) is 57.2 Å². The van der Waals surface area contributed by atoms with Crippen LogP contribution >= 0.6 is 0 Å². The lowest BCUT2D eigenvalue weighted by atomic mass is 9.89. The van der Waals surface area contributed by atoms with Crippen molar-refractivity contribution in [2.24, 2.45) is 5.92 Å². The number of nitriles is 1. The second-order valence-electron chi connectivity index (χ2n) is 8.22. The van der Waals surface area contributed by atoms with Gasteiger partial charge in [0, 0.05) is 19.3 Å². The van der Waals surface area contributed by atoms with Crippen LogP contribution in [0.4, 0.5) is 9.18 Å². The molecular formula is C21H29FN4O4S. The van der Waals surface area contributed by atoms with Crippen molar-refractivity contribution >= 4 is 21.8 Å². The maximum Gasteiger partial charge on any atom is 0.318 e. The molecule has 1 heterocycles. The zero-order valence-corrected chi connectivity index (χ0v) is 18.8. The Labute approximate surface area is 182 Å². The average molecular weight is 453 g/mol. The number of rotatable bonds is 7. The first kappa shape index (κ1) is 24.6. The van der Waals surface area contributed by atoms with Crippen molar-refractivity contribution in [3.8, 4) is 6.07 Å². The second kappa shape index (κ2) is 10.6. The zero-order chi connectivity index (χ0) is 23.2. The van der Waals surface area contributed by atoms with Gasteiger partial charge in [0.2, 0.25) is 5.91 Å². The first-order valence-corrected chi connectivity index (χ1v) is 12.1. The molecular weight excluding hydrogens is 423 g/mol. The fourth-order valence-electron chi connectivity index (χ4n) is 3.66. The van der Waals surface area contributed by atoms with Gasteiger partial charge in [-0.25, -0.2) is 17.6 Å². The van der Waals surface area contributed by atoms with E-state index in [9.17, 15) is 22.4 Å². The lowest BCUT2D eigenvalue weighted by Crippen LogP contribution is -2.53. The van der Waals surface area contributed by atoms with E-state index in [0.717, 1.165) is 12.3 Å². The summed E-state index contributed by atoms with van der Waals surface area (Å²) < 4.78 is 37.7. The first-order valence-electron chi connectivity index (χ1n) is 10.2. The van der Waals surface area contributed by atoms with E-state index in [1.807, 2.05) is 19.9 Å². The number of carbonyl (C=O) groups excluding carboxylic acids is 2. The number of hydrogen-bond acceptors (Lipinski definition) is 5. The van der Waals surface area contributed by atoms with Crippen LogP contribution in [-0.2, 0) is 14.6 Å². The SMILES string of the molecule is CC(C)C[C@H](NC(=O)N1CCC(c2ccc(S(C)(=O)=O)cc2F)CC1)C(=O)NCC#N. The summed E-state index contributed by atoms with van der Waals surface area (Å²) in [5, 5.41) is 13.9. The third-order valence-corrected chi connectivity index (χ3v) is 6.40. The Morgan fingerprint density at radius 1 is 1.29 bits per heavy atom. The van der Waals surface area contributed by atoms with Crippen LogP contribution in [0, 0.1) is 23.1 Å². The van der Waals surface area contributed by atoms with E-state index in [4.69, 9.17) is 5.26 Å². The molecule has 170 valence electrons. The molecule has 3 amide bonds. The van der Waals surface area contributed by atoms with Gasteiger partial charge in [-0.2, -0.15) is 5.26 Å². The molecule has 0 unspecified atom stereocenters. The van der Waals surface area contributed by atoms with Crippen molar-refractivity contribution < 1.29 is 22.4 Å². The third-order valence-electron chi connectivity index (χ3n) is 5.29. The van der Waals surface area contributed by atoms with E-state index in [1.54, 1.807) is 4.90 Å². The molecule has 0 aliphatic carbocycles. The Kier molecular flexibility index (Phi) is 8.39. The Bertz CT molecular complexity index is 951. The fourth-order valence-corrected chi connectivity index (χ4v) is 4.29. The molecule has 0 aromatic heterocycles. The van der Waals surface area contributed by atoms with Crippen molar-refractivity contribution in [1.82, 2.24) is 15.5 Å². The van der Waals surface area contributed by atoms with Gasteiger partial charge in [-0.05, 0) is 48.8 Å². The number of carbonyl (C=O) groups is 2. The third kappa shape index (κ3) is 6.92. The quantitative estimate of drug-likeness (QED) is 0.615. The summed E-state index contributed by atoms with van der Waals surface area (Å²) in [7, 11) is -3.48. The van der Waals surface area contributed by atoms with Crippen molar-refractivity contribution in [3.05, 3.63) is 29.6 Å². The van der Waals surface area contributed by atoms with E-state index in [0.29, 0.717) is 37.9 Å². The number of benzene rings is 1. The van der Waals surface area contributed by atoms with E-state index in [-0.39, 0.29) is 29.3 Å². The molecule has 1 aromatic rings. The number of hydrogen-bond donors (Lipinski definition) is 2. The molecule has 1 aliphatic rings. The van der Waals surface area contributed by atoms with Crippen LogP contribution in [0.2, 0.25) is 0 Å². The van der Waals surface area contributed by atoms with Gasteiger partial charge in [0.25, 0.3) is 0 Å². The maximum absolute atomic E-state index is 14.5. The smallest absolute Gasteiger partial charge is 0.318 e. The van der Waals surface area contributed by atoms with Crippen LogP contribution < -0.4 is 10.6 Å². The molecule has 0 bridgehead atoms. The summed E-state index contributed by atoms with van der Waals surface area (Å²) in [4.78, 5) is 26.4. The van der Waals surface area contributed by atoms with E-state index < -0.39 is 27.6 Å². The molecule has 31 heavy (non-hydrogen) atoms. The predicted molar refractivity (Wildman–Crippen MR) is 113 cm³/mol. The van der Waals surface area contributed by atoms with E-state index in [1.165, 1.54) is 12.1 Å². The van der Waals surface area contributed by atoms with Crippen LogP contribution in [0.5, 0.6) is 0 Å². The number of amides is 3. The van der Waals surface area contributed by atoms with Gasteiger partial charge >= 0.3 is 6.03 Å². The largest absolute Gasteiger partial charge is 0.341 e. The molecule has 1 aromatic carbocycles. The number of likely N-dealkylation sites (tertiary alicyclic amines) is 1. The highest BCUT2D eigenvalue weighted by molar-refractivity contribution is 7.90. The lowest BCUT2D eigenvalue weighted by Gasteiger charge is -2.33. The summed E-state index contributed by atoms with van der Waals surface area (Å²) in [6.45, 7) is 4.52. The molecule has 1 saturated heterocycles. The summed E-state index contributed by atoms with van der Waals surface area (Å²) in [5.74, 6) is -0.909. The molecule has 2 rings (SSSR count). The van der Waals surface area contributed by atoms with Gasteiger partial charge in [-0.15, -0.1) is 0 Å². The minimum Gasteiger partial charge on any atom is -0.341 e. The van der Waals surface area contributed by atoms with Gasteiger partial charge in [-0.3, -0.25) is 4.79 Å². The van der Waals surface area contributed by atoms with Gasteiger partial charge in [0.15, 0.2) is 9.84 Å². The monoisotopic (exact) mass is 452 g/mol. The molecule has 0 saturated carbocycles. The molecule has 0 radical (unpaired) electrons. The van der Waals surface area contributed by atoms with Crippen LogP contribution in [0.1, 0.15) is 44.6 Å². The van der Waals surface area contributed by atoms with Crippen molar-refractivity contribution in [2.75, 3.05) is 25.9 Å². The standard InChI is InChI=1S/C21H29FN4O4S/c1-14(2)12-19(20(27)24-9-8-23)25-21(28)26-10-6-15(7-11-26)17-5-4-16(13-18(17)22)31(3,29)30/h4-5,13-15,19H,6-7,9-12H2,1-3H3,(H,24,27)(H,25,28)/t19-/m0/s1. The first-order chi connectivity index (χ1) is 14.5. The van der Waals surface area contributed by atoms with Crippen LogP contribution in [0.15, 0.2) is 23.1 Å². The van der Waals surface area contributed by atoms with E-state index in [2.05, 4.69) is 10.6 Å². The molecule has 1 atom stereocenters. The van der Waals surface area contributed by atoms with Gasteiger partial charge in [0.05, 0.1) is 11.0 Å². The molecule has 1 fully saturated rings. The number of nitrogens with zero attached hydrogens (tertiary/aromatic N) is 2. The fraction of sp³-hybridized carbons (Fsp3) is 0.571. The van der Waals surface area contributed by atoms with Crippen molar-refractivity contribution in [3.63, 3.8) is 0 Å². The molecule has 0 spiro atoms. The number of nitrogens with one attached hydrogen (secondary N) is 2. The Hall–Kier alpha value is -2.67. The van der Waals surface area contributed by atoms with Gasteiger partial charge in [0.1, 0.15) is 18.4 Å². The molecule has 2 N–H and O–H groups in total. The Balaban J connectivity index is 1.99. The summed E-state index contributed by atoms with van der Waals surface area (Å²) in [6.07, 6.45) is 2.53. The highest BCUT2D eigenvalue weighted by Gasteiger charge is 2.29. The molecule has 1 aliphatic heterocycles. The number of piperidine rings is 1. The average Bonchev–Trinajstić information content (AvgIpc) is 2.70. The van der Waals surface area contributed by atoms with Crippen molar-refractivity contribution in [2.45, 2.75) is 50.0 Å². The lowest BCUT2D eigenvalue weighted by molar-refractivity contribution is -0.123. The van der Waals surface area contributed by atoms with Crippen LogP contribution in [0.25, 0.3) is 0 Å². The highest BCUT2D eigenvalue weighted by atomic mass is 32.2.